The largest absolute Gasteiger partial charge is 0.353 e. The topological polar surface area (TPSA) is 55.1 Å². The van der Waals surface area contributed by atoms with Gasteiger partial charge in [-0.2, -0.15) is 0 Å². The summed E-state index contributed by atoms with van der Waals surface area (Å²) in [6.45, 7) is 0. The van der Waals surface area contributed by atoms with Crippen LogP contribution in [0.3, 0.4) is 0 Å². The molecule has 126 valence electrons. The Morgan fingerprint density at radius 1 is 1.17 bits per heavy atom. The van der Waals surface area contributed by atoms with E-state index in [1.54, 1.807) is 0 Å². The molecular weight excluding hydrogens is 308 g/mol. The zero-order valence-corrected chi connectivity index (χ0v) is 14.4. The average molecular weight is 335 g/mol. The van der Waals surface area contributed by atoms with Gasteiger partial charge < -0.3 is 11.1 Å². The average Bonchev–Trinajstić information content (AvgIpc) is 3.25. The summed E-state index contributed by atoms with van der Waals surface area (Å²) in [6.07, 6.45) is 8.80. The first-order chi connectivity index (χ1) is 10.7. The van der Waals surface area contributed by atoms with Crippen LogP contribution in [-0.2, 0) is 16.6 Å². The fourth-order valence-corrected chi connectivity index (χ4v) is 4.74. The molecule has 0 heterocycles. The van der Waals surface area contributed by atoms with E-state index in [1.165, 1.54) is 30.4 Å². The van der Waals surface area contributed by atoms with Crippen LogP contribution in [0.25, 0.3) is 0 Å². The fraction of sp³-hybridized carbons (Fsp3) is 0.632. The summed E-state index contributed by atoms with van der Waals surface area (Å²) in [4.78, 5) is 12.7. The number of aryl methyl sites for hydroxylation is 1. The third-order valence-electron chi connectivity index (χ3n) is 6.13. The molecule has 1 amide bonds. The minimum atomic E-state index is 0. The van der Waals surface area contributed by atoms with E-state index in [0.29, 0.717) is 12.1 Å². The predicted octanol–water partition coefficient (Wildman–Crippen LogP) is 3.09. The molecule has 3 nitrogen and oxygen atoms in total. The number of rotatable bonds is 2. The van der Waals surface area contributed by atoms with Gasteiger partial charge in [0.15, 0.2) is 0 Å². The van der Waals surface area contributed by atoms with Gasteiger partial charge in [0.2, 0.25) is 5.91 Å². The molecule has 1 aromatic carbocycles. The van der Waals surface area contributed by atoms with Crippen LogP contribution in [0.4, 0.5) is 0 Å². The van der Waals surface area contributed by atoms with Gasteiger partial charge in [-0.1, -0.05) is 24.3 Å². The lowest BCUT2D eigenvalue weighted by atomic mass is 9.78. The van der Waals surface area contributed by atoms with E-state index in [0.717, 1.165) is 32.1 Å². The Morgan fingerprint density at radius 2 is 1.91 bits per heavy atom. The van der Waals surface area contributed by atoms with Crippen LogP contribution in [0.15, 0.2) is 24.3 Å². The van der Waals surface area contributed by atoms with Gasteiger partial charge in [-0.15, -0.1) is 12.4 Å². The smallest absolute Gasteiger partial charge is 0.224 e. The molecule has 3 aliphatic rings. The van der Waals surface area contributed by atoms with E-state index in [1.807, 2.05) is 0 Å². The van der Waals surface area contributed by atoms with Crippen LogP contribution < -0.4 is 11.1 Å². The third-order valence-corrected chi connectivity index (χ3v) is 6.13. The Labute approximate surface area is 144 Å². The molecule has 0 radical (unpaired) electrons. The highest BCUT2D eigenvalue weighted by atomic mass is 35.5. The SMILES string of the molecule is Cl.NC1CCC(NC(=O)C2CC23CCCc2ccccc23)CC1. The number of hydrogen-bond donors (Lipinski definition) is 2. The summed E-state index contributed by atoms with van der Waals surface area (Å²) in [5.74, 6) is 0.488. The van der Waals surface area contributed by atoms with Crippen LogP contribution in [0, 0.1) is 5.92 Å². The Kier molecular flexibility index (Phi) is 4.70. The van der Waals surface area contributed by atoms with Crippen molar-refractivity contribution < 1.29 is 4.79 Å². The molecule has 3 N–H and O–H groups in total. The van der Waals surface area contributed by atoms with Gasteiger partial charge in [0.1, 0.15) is 0 Å². The molecule has 4 heteroatoms. The van der Waals surface area contributed by atoms with Crippen molar-refractivity contribution in [1.29, 1.82) is 0 Å². The first kappa shape index (κ1) is 16.8. The number of carbonyl (C=O) groups excluding carboxylic acids is 1. The Bertz CT molecular complexity index is 582. The minimum absolute atomic E-state index is 0. The first-order valence-corrected chi connectivity index (χ1v) is 8.83. The second-order valence-corrected chi connectivity index (χ2v) is 7.54. The van der Waals surface area contributed by atoms with Crippen molar-refractivity contribution in [2.75, 3.05) is 0 Å². The number of fused-ring (bicyclic) bond motifs is 2. The van der Waals surface area contributed by atoms with Gasteiger partial charge in [-0.3, -0.25) is 4.79 Å². The highest BCUT2D eigenvalue weighted by Crippen LogP contribution is 2.60. The van der Waals surface area contributed by atoms with Crippen LogP contribution in [0.1, 0.15) is 56.1 Å². The molecule has 2 saturated carbocycles. The van der Waals surface area contributed by atoms with E-state index >= 15 is 0 Å². The van der Waals surface area contributed by atoms with Gasteiger partial charge in [0, 0.05) is 23.4 Å². The van der Waals surface area contributed by atoms with Crippen LogP contribution in [-0.4, -0.2) is 18.0 Å². The molecule has 0 bridgehead atoms. The fourth-order valence-electron chi connectivity index (χ4n) is 4.74. The second kappa shape index (κ2) is 6.45. The maximum Gasteiger partial charge on any atom is 0.224 e. The van der Waals surface area contributed by atoms with Crippen LogP contribution in [0.5, 0.6) is 0 Å². The molecule has 2 fully saturated rings. The maximum absolute atomic E-state index is 12.7. The highest BCUT2D eigenvalue weighted by molar-refractivity contribution is 5.85. The summed E-state index contributed by atoms with van der Waals surface area (Å²) < 4.78 is 0. The van der Waals surface area contributed by atoms with Crippen LogP contribution >= 0.6 is 12.4 Å². The van der Waals surface area contributed by atoms with Crippen molar-refractivity contribution >= 4 is 18.3 Å². The number of carbonyl (C=O) groups is 1. The van der Waals surface area contributed by atoms with E-state index in [-0.39, 0.29) is 29.6 Å². The number of benzene rings is 1. The molecule has 2 atom stereocenters. The molecule has 4 rings (SSSR count). The van der Waals surface area contributed by atoms with Crippen molar-refractivity contribution in [3.05, 3.63) is 35.4 Å². The van der Waals surface area contributed by atoms with Crippen molar-refractivity contribution in [3.63, 3.8) is 0 Å². The monoisotopic (exact) mass is 334 g/mol. The molecule has 2 unspecified atom stereocenters. The van der Waals surface area contributed by atoms with E-state index in [4.69, 9.17) is 5.73 Å². The summed E-state index contributed by atoms with van der Waals surface area (Å²) in [7, 11) is 0. The van der Waals surface area contributed by atoms with Gasteiger partial charge in [-0.25, -0.2) is 0 Å². The van der Waals surface area contributed by atoms with Crippen molar-refractivity contribution in [2.45, 2.75) is 68.9 Å². The summed E-state index contributed by atoms with van der Waals surface area (Å²) >= 11 is 0. The van der Waals surface area contributed by atoms with Gasteiger partial charge in [0.05, 0.1) is 0 Å². The quantitative estimate of drug-likeness (QED) is 0.873. The molecule has 0 aliphatic heterocycles. The lowest BCUT2D eigenvalue weighted by Gasteiger charge is -2.29. The van der Waals surface area contributed by atoms with Crippen molar-refractivity contribution in [2.24, 2.45) is 11.7 Å². The molecular formula is C19H27ClN2O. The Morgan fingerprint density at radius 3 is 2.70 bits per heavy atom. The Hall–Kier alpha value is -1.06. The zero-order valence-electron chi connectivity index (χ0n) is 13.6. The second-order valence-electron chi connectivity index (χ2n) is 7.54. The maximum atomic E-state index is 12.7. The summed E-state index contributed by atoms with van der Waals surface area (Å²) in [6, 6.07) is 9.44. The third kappa shape index (κ3) is 3.01. The number of amides is 1. The van der Waals surface area contributed by atoms with E-state index in [9.17, 15) is 4.79 Å². The highest BCUT2D eigenvalue weighted by Gasteiger charge is 2.60. The van der Waals surface area contributed by atoms with Crippen molar-refractivity contribution in [3.8, 4) is 0 Å². The summed E-state index contributed by atoms with van der Waals surface area (Å²) in [5, 5.41) is 3.31. The standard InChI is InChI=1S/C19H26N2O.ClH/c20-14-7-9-15(10-8-14)21-18(22)17-12-19(17)11-3-5-13-4-1-2-6-16(13)19;/h1-2,4,6,14-15,17H,3,5,7-12,20H2,(H,21,22);1H. The predicted molar refractivity (Wildman–Crippen MR) is 94.8 cm³/mol. The molecule has 0 saturated heterocycles. The Balaban J connectivity index is 0.00000156. The molecule has 3 aliphatic carbocycles. The van der Waals surface area contributed by atoms with E-state index in [2.05, 4.69) is 29.6 Å². The normalized spacial score (nSPS) is 35.1. The van der Waals surface area contributed by atoms with Gasteiger partial charge >= 0.3 is 0 Å². The number of nitrogens with one attached hydrogen (secondary N) is 1. The van der Waals surface area contributed by atoms with Crippen LogP contribution in [0.2, 0.25) is 0 Å². The number of hydrogen-bond acceptors (Lipinski definition) is 2. The summed E-state index contributed by atoms with van der Waals surface area (Å²) in [5.41, 5.74) is 9.03. The molecule has 1 spiro atoms. The molecule has 23 heavy (non-hydrogen) atoms. The lowest BCUT2D eigenvalue weighted by Crippen LogP contribution is -2.42. The lowest BCUT2D eigenvalue weighted by molar-refractivity contribution is -0.123. The number of halogens is 1. The first-order valence-electron chi connectivity index (χ1n) is 8.83. The van der Waals surface area contributed by atoms with Gasteiger partial charge in [-0.05, 0) is 62.5 Å². The zero-order chi connectivity index (χ0) is 15.2. The minimum Gasteiger partial charge on any atom is -0.353 e. The molecule has 0 aromatic heterocycles. The van der Waals surface area contributed by atoms with Crippen molar-refractivity contribution in [1.82, 2.24) is 5.32 Å². The molecule has 1 aromatic rings. The van der Waals surface area contributed by atoms with E-state index < -0.39 is 0 Å². The van der Waals surface area contributed by atoms with Gasteiger partial charge in [0.25, 0.3) is 0 Å². The number of nitrogens with two attached hydrogens (primary N) is 1.